The molecule has 0 saturated carbocycles. The van der Waals surface area contributed by atoms with Gasteiger partial charge in [-0.3, -0.25) is 9.48 Å². The van der Waals surface area contributed by atoms with Crippen LogP contribution >= 0.6 is 0 Å². The molecule has 1 amide bonds. The van der Waals surface area contributed by atoms with Crippen molar-refractivity contribution >= 4 is 5.91 Å². The SMILES string of the molecule is C[C@@H](Cn1cccn1)NC(=O)C[C@H]1C=CCC1. The minimum absolute atomic E-state index is 0.118. The summed E-state index contributed by atoms with van der Waals surface area (Å²) in [7, 11) is 0. The fourth-order valence-corrected chi connectivity index (χ4v) is 2.17. The van der Waals surface area contributed by atoms with Crippen LogP contribution in [0.3, 0.4) is 0 Å². The van der Waals surface area contributed by atoms with Crippen LogP contribution in [0, 0.1) is 5.92 Å². The summed E-state index contributed by atoms with van der Waals surface area (Å²) in [5.74, 6) is 0.577. The second-order valence-corrected chi connectivity index (χ2v) is 4.67. The quantitative estimate of drug-likeness (QED) is 0.787. The molecule has 1 aromatic heterocycles. The summed E-state index contributed by atoms with van der Waals surface area (Å²) in [5.41, 5.74) is 0. The lowest BCUT2D eigenvalue weighted by atomic mass is 10.0. The number of nitrogens with one attached hydrogen (secondary N) is 1. The van der Waals surface area contributed by atoms with E-state index in [1.54, 1.807) is 6.20 Å². The predicted octanol–water partition coefficient (Wildman–Crippen LogP) is 1.74. The molecule has 0 aromatic carbocycles. The van der Waals surface area contributed by atoms with Crippen molar-refractivity contribution in [3.05, 3.63) is 30.6 Å². The standard InChI is InChI=1S/C13H19N3O/c1-11(10-16-8-4-7-14-16)15-13(17)9-12-5-2-3-6-12/h2,4-5,7-8,11-12H,3,6,9-10H2,1H3,(H,15,17)/t11-,12-/m0/s1. The molecule has 1 aromatic rings. The number of hydrogen-bond donors (Lipinski definition) is 1. The van der Waals surface area contributed by atoms with E-state index in [2.05, 4.69) is 22.6 Å². The van der Waals surface area contributed by atoms with Gasteiger partial charge in [-0.05, 0) is 31.7 Å². The minimum Gasteiger partial charge on any atom is -0.352 e. The van der Waals surface area contributed by atoms with E-state index in [0.29, 0.717) is 12.3 Å². The highest BCUT2D eigenvalue weighted by Crippen LogP contribution is 2.19. The van der Waals surface area contributed by atoms with Gasteiger partial charge in [-0.15, -0.1) is 0 Å². The van der Waals surface area contributed by atoms with Gasteiger partial charge >= 0.3 is 0 Å². The third-order valence-electron chi connectivity index (χ3n) is 2.99. The van der Waals surface area contributed by atoms with Crippen LogP contribution in [-0.2, 0) is 11.3 Å². The summed E-state index contributed by atoms with van der Waals surface area (Å²) < 4.78 is 1.83. The molecule has 4 heteroatoms. The van der Waals surface area contributed by atoms with Gasteiger partial charge in [0.25, 0.3) is 0 Å². The zero-order valence-electron chi connectivity index (χ0n) is 10.2. The number of aromatic nitrogens is 2. The van der Waals surface area contributed by atoms with Gasteiger partial charge in [0.05, 0.1) is 6.54 Å². The van der Waals surface area contributed by atoms with Crippen LogP contribution in [0.25, 0.3) is 0 Å². The number of nitrogens with zero attached hydrogens (tertiary/aromatic N) is 2. The van der Waals surface area contributed by atoms with E-state index < -0.39 is 0 Å². The lowest BCUT2D eigenvalue weighted by Gasteiger charge is -2.15. The fraction of sp³-hybridized carbons (Fsp3) is 0.538. The van der Waals surface area contributed by atoms with Crippen molar-refractivity contribution in [2.24, 2.45) is 5.92 Å². The second kappa shape index (κ2) is 5.66. The molecule has 0 bridgehead atoms. The van der Waals surface area contributed by atoms with Crippen LogP contribution in [0.5, 0.6) is 0 Å². The van der Waals surface area contributed by atoms with Gasteiger partial charge in [0.1, 0.15) is 0 Å². The fourth-order valence-electron chi connectivity index (χ4n) is 2.17. The van der Waals surface area contributed by atoms with E-state index in [0.717, 1.165) is 19.4 Å². The molecule has 2 atom stereocenters. The summed E-state index contributed by atoms with van der Waals surface area (Å²) in [6.45, 7) is 2.73. The average molecular weight is 233 g/mol. The Balaban J connectivity index is 1.72. The summed E-state index contributed by atoms with van der Waals surface area (Å²) in [6, 6.07) is 2.01. The lowest BCUT2D eigenvalue weighted by Crippen LogP contribution is -2.36. The van der Waals surface area contributed by atoms with Crippen molar-refractivity contribution in [2.75, 3.05) is 0 Å². The van der Waals surface area contributed by atoms with Gasteiger partial charge in [0.15, 0.2) is 0 Å². The molecule has 1 aliphatic carbocycles. The number of hydrogen-bond acceptors (Lipinski definition) is 2. The summed E-state index contributed by atoms with van der Waals surface area (Å²) in [6.07, 6.45) is 10.8. The maximum Gasteiger partial charge on any atom is 0.220 e. The Morgan fingerprint density at radius 3 is 3.18 bits per heavy atom. The van der Waals surface area contributed by atoms with Crippen LogP contribution in [0.1, 0.15) is 26.2 Å². The molecule has 0 saturated heterocycles. The van der Waals surface area contributed by atoms with Crippen LogP contribution < -0.4 is 5.32 Å². The molecule has 92 valence electrons. The highest BCUT2D eigenvalue weighted by molar-refractivity contribution is 5.76. The van der Waals surface area contributed by atoms with Gasteiger partial charge in [0.2, 0.25) is 5.91 Å². The van der Waals surface area contributed by atoms with Gasteiger partial charge < -0.3 is 5.32 Å². The van der Waals surface area contributed by atoms with Gasteiger partial charge in [0, 0.05) is 24.9 Å². The van der Waals surface area contributed by atoms with Crippen LogP contribution in [0.2, 0.25) is 0 Å². The van der Waals surface area contributed by atoms with E-state index in [1.807, 2.05) is 23.9 Å². The molecule has 2 rings (SSSR count). The molecule has 0 spiro atoms. The monoisotopic (exact) mass is 233 g/mol. The zero-order valence-corrected chi connectivity index (χ0v) is 10.2. The third-order valence-corrected chi connectivity index (χ3v) is 2.99. The Morgan fingerprint density at radius 2 is 2.53 bits per heavy atom. The molecule has 0 radical (unpaired) electrons. The van der Waals surface area contributed by atoms with Crippen molar-refractivity contribution in [3.8, 4) is 0 Å². The highest BCUT2D eigenvalue weighted by atomic mass is 16.1. The molecular weight excluding hydrogens is 214 g/mol. The Bertz CT molecular complexity index is 383. The maximum atomic E-state index is 11.8. The number of allylic oxidation sites excluding steroid dienone is 2. The normalized spacial score (nSPS) is 20.4. The van der Waals surface area contributed by atoms with Crippen molar-refractivity contribution in [2.45, 2.75) is 38.8 Å². The van der Waals surface area contributed by atoms with Crippen molar-refractivity contribution in [1.29, 1.82) is 0 Å². The third kappa shape index (κ3) is 3.73. The van der Waals surface area contributed by atoms with Crippen molar-refractivity contribution < 1.29 is 4.79 Å². The summed E-state index contributed by atoms with van der Waals surface area (Å²) in [5, 5.41) is 7.13. The number of carbonyl (C=O) groups excluding carboxylic acids is 1. The van der Waals surface area contributed by atoms with Gasteiger partial charge in [-0.2, -0.15) is 5.10 Å². The molecular formula is C13H19N3O. The Labute approximate surface area is 102 Å². The minimum atomic E-state index is 0.118. The second-order valence-electron chi connectivity index (χ2n) is 4.67. The molecule has 1 N–H and O–H groups in total. The van der Waals surface area contributed by atoms with E-state index in [-0.39, 0.29) is 11.9 Å². The number of rotatable bonds is 5. The molecule has 0 unspecified atom stereocenters. The Kier molecular flexibility index (Phi) is 3.96. The number of carbonyl (C=O) groups is 1. The van der Waals surface area contributed by atoms with Crippen LogP contribution in [0.4, 0.5) is 0 Å². The van der Waals surface area contributed by atoms with E-state index in [9.17, 15) is 4.79 Å². The van der Waals surface area contributed by atoms with Gasteiger partial charge in [-0.25, -0.2) is 0 Å². The van der Waals surface area contributed by atoms with Gasteiger partial charge in [-0.1, -0.05) is 12.2 Å². The zero-order chi connectivity index (χ0) is 12.1. The van der Waals surface area contributed by atoms with Crippen molar-refractivity contribution in [1.82, 2.24) is 15.1 Å². The molecule has 1 aliphatic rings. The maximum absolute atomic E-state index is 11.8. The first kappa shape index (κ1) is 11.9. The number of amides is 1. The summed E-state index contributed by atoms with van der Waals surface area (Å²) >= 11 is 0. The molecule has 0 fully saturated rings. The molecule has 4 nitrogen and oxygen atoms in total. The average Bonchev–Trinajstić information content (AvgIpc) is 2.90. The van der Waals surface area contributed by atoms with E-state index in [4.69, 9.17) is 0 Å². The predicted molar refractivity (Wildman–Crippen MR) is 66.3 cm³/mol. The van der Waals surface area contributed by atoms with Crippen LogP contribution in [-0.4, -0.2) is 21.7 Å². The topological polar surface area (TPSA) is 46.9 Å². The smallest absolute Gasteiger partial charge is 0.220 e. The Hall–Kier alpha value is -1.58. The van der Waals surface area contributed by atoms with E-state index >= 15 is 0 Å². The largest absolute Gasteiger partial charge is 0.352 e. The first-order chi connectivity index (χ1) is 8.24. The van der Waals surface area contributed by atoms with Crippen molar-refractivity contribution in [3.63, 3.8) is 0 Å². The molecule has 0 aliphatic heterocycles. The lowest BCUT2D eigenvalue weighted by molar-refractivity contribution is -0.122. The summed E-state index contributed by atoms with van der Waals surface area (Å²) in [4.78, 5) is 11.8. The first-order valence-electron chi connectivity index (χ1n) is 6.17. The first-order valence-corrected chi connectivity index (χ1v) is 6.17. The molecule has 17 heavy (non-hydrogen) atoms. The highest BCUT2D eigenvalue weighted by Gasteiger charge is 2.15. The van der Waals surface area contributed by atoms with Crippen LogP contribution in [0.15, 0.2) is 30.6 Å². The van der Waals surface area contributed by atoms with E-state index in [1.165, 1.54) is 0 Å². The molecule has 1 heterocycles. The Morgan fingerprint density at radius 1 is 1.65 bits per heavy atom.